The molecule has 0 saturated carbocycles. The predicted molar refractivity (Wildman–Crippen MR) is 57.5 cm³/mol. The van der Waals surface area contributed by atoms with Gasteiger partial charge in [0.05, 0.1) is 12.5 Å². The molecule has 16 heavy (non-hydrogen) atoms. The molecule has 1 heterocycles. The van der Waals surface area contributed by atoms with Gasteiger partial charge < -0.3 is 10.1 Å². The standard InChI is InChI=1S/C12H14FNO2/c1-16-7-9-6-14-12(15)11(9)8-3-2-4-10(13)5-8/h2-5,9,11H,6-7H2,1H3,(H,14,15). The number of carbonyl (C=O) groups is 1. The van der Waals surface area contributed by atoms with E-state index in [2.05, 4.69) is 5.32 Å². The van der Waals surface area contributed by atoms with E-state index in [1.165, 1.54) is 12.1 Å². The summed E-state index contributed by atoms with van der Waals surface area (Å²) in [6.45, 7) is 1.09. The highest BCUT2D eigenvalue weighted by Gasteiger charge is 2.35. The van der Waals surface area contributed by atoms with E-state index < -0.39 is 0 Å². The van der Waals surface area contributed by atoms with E-state index in [1.54, 1.807) is 19.2 Å². The van der Waals surface area contributed by atoms with Crippen molar-refractivity contribution in [1.82, 2.24) is 5.32 Å². The molecule has 0 aromatic heterocycles. The van der Waals surface area contributed by atoms with Crippen LogP contribution in [0.15, 0.2) is 24.3 Å². The third kappa shape index (κ3) is 2.07. The summed E-state index contributed by atoms with van der Waals surface area (Å²) < 4.78 is 18.2. The van der Waals surface area contributed by atoms with Crippen molar-refractivity contribution < 1.29 is 13.9 Å². The molecule has 4 heteroatoms. The average molecular weight is 223 g/mol. The number of halogens is 1. The molecular formula is C12H14FNO2. The van der Waals surface area contributed by atoms with Crippen molar-refractivity contribution in [2.24, 2.45) is 5.92 Å². The van der Waals surface area contributed by atoms with Crippen LogP contribution in [0.5, 0.6) is 0 Å². The van der Waals surface area contributed by atoms with Gasteiger partial charge in [0.2, 0.25) is 5.91 Å². The van der Waals surface area contributed by atoms with Crippen molar-refractivity contribution in [2.75, 3.05) is 20.3 Å². The molecule has 3 nitrogen and oxygen atoms in total. The lowest BCUT2D eigenvalue weighted by Crippen LogP contribution is -2.19. The van der Waals surface area contributed by atoms with Gasteiger partial charge in [-0.2, -0.15) is 0 Å². The second kappa shape index (κ2) is 4.61. The molecule has 1 N–H and O–H groups in total. The first-order valence-corrected chi connectivity index (χ1v) is 5.24. The largest absolute Gasteiger partial charge is 0.384 e. The predicted octanol–water partition coefficient (Wildman–Crippen LogP) is 1.30. The highest BCUT2D eigenvalue weighted by molar-refractivity contribution is 5.86. The Balaban J connectivity index is 2.26. The number of hydrogen-bond acceptors (Lipinski definition) is 2. The van der Waals surface area contributed by atoms with Gasteiger partial charge in [0.1, 0.15) is 5.82 Å². The first-order chi connectivity index (χ1) is 7.72. The first kappa shape index (κ1) is 11.1. The monoisotopic (exact) mass is 223 g/mol. The quantitative estimate of drug-likeness (QED) is 0.838. The van der Waals surface area contributed by atoms with Crippen LogP contribution in [0.25, 0.3) is 0 Å². The number of carbonyl (C=O) groups excluding carboxylic acids is 1. The van der Waals surface area contributed by atoms with Gasteiger partial charge in [0.25, 0.3) is 0 Å². The topological polar surface area (TPSA) is 38.3 Å². The molecule has 2 atom stereocenters. The zero-order valence-corrected chi connectivity index (χ0v) is 9.07. The Labute approximate surface area is 93.6 Å². The molecule has 86 valence electrons. The van der Waals surface area contributed by atoms with Crippen LogP contribution in [0.3, 0.4) is 0 Å². The summed E-state index contributed by atoms with van der Waals surface area (Å²) in [6.07, 6.45) is 0. The zero-order valence-electron chi connectivity index (χ0n) is 9.07. The van der Waals surface area contributed by atoms with Gasteiger partial charge in [-0.1, -0.05) is 12.1 Å². The second-order valence-electron chi connectivity index (χ2n) is 3.99. The summed E-state index contributed by atoms with van der Waals surface area (Å²) in [5, 5.41) is 2.78. The summed E-state index contributed by atoms with van der Waals surface area (Å²) in [4.78, 5) is 11.7. The Morgan fingerprint density at radius 2 is 2.38 bits per heavy atom. The highest BCUT2D eigenvalue weighted by atomic mass is 19.1. The van der Waals surface area contributed by atoms with Crippen molar-refractivity contribution in [1.29, 1.82) is 0 Å². The fraction of sp³-hybridized carbons (Fsp3) is 0.417. The SMILES string of the molecule is COCC1CNC(=O)C1c1cccc(F)c1. The maximum Gasteiger partial charge on any atom is 0.227 e. The number of amides is 1. The fourth-order valence-corrected chi connectivity index (χ4v) is 2.17. The zero-order chi connectivity index (χ0) is 11.5. The van der Waals surface area contributed by atoms with Crippen LogP contribution in [0.1, 0.15) is 11.5 Å². The number of nitrogens with one attached hydrogen (secondary N) is 1. The van der Waals surface area contributed by atoms with Crippen molar-refractivity contribution in [3.8, 4) is 0 Å². The molecule has 2 unspecified atom stereocenters. The number of methoxy groups -OCH3 is 1. The van der Waals surface area contributed by atoms with E-state index in [9.17, 15) is 9.18 Å². The molecule has 1 fully saturated rings. The van der Waals surface area contributed by atoms with Crippen LogP contribution in [0.4, 0.5) is 4.39 Å². The molecule has 1 aliphatic heterocycles. The molecule has 0 bridgehead atoms. The van der Waals surface area contributed by atoms with Gasteiger partial charge >= 0.3 is 0 Å². The summed E-state index contributed by atoms with van der Waals surface area (Å²) in [7, 11) is 1.60. The number of hydrogen-bond donors (Lipinski definition) is 1. The molecule has 1 aromatic rings. The van der Waals surface area contributed by atoms with Crippen molar-refractivity contribution in [3.05, 3.63) is 35.6 Å². The van der Waals surface area contributed by atoms with Crippen molar-refractivity contribution >= 4 is 5.91 Å². The fourth-order valence-electron chi connectivity index (χ4n) is 2.17. The lowest BCUT2D eigenvalue weighted by Gasteiger charge is -2.16. The molecular weight excluding hydrogens is 209 g/mol. The minimum absolute atomic E-state index is 0.0485. The van der Waals surface area contributed by atoms with Crippen LogP contribution in [-0.4, -0.2) is 26.2 Å². The van der Waals surface area contributed by atoms with E-state index in [0.717, 1.165) is 5.56 Å². The maximum absolute atomic E-state index is 13.1. The Morgan fingerprint density at radius 1 is 1.56 bits per heavy atom. The number of rotatable bonds is 3. The Bertz CT molecular complexity index is 394. The molecule has 2 rings (SSSR count). The third-order valence-corrected chi connectivity index (χ3v) is 2.88. The Hall–Kier alpha value is -1.42. The Morgan fingerprint density at radius 3 is 3.06 bits per heavy atom. The maximum atomic E-state index is 13.1. The molecule has 0 radical (unpaired) electrons. The van der Waals surface area contributed by atoms with Gasteiger partial charge in [0, 0.05) is 19.6 Å². The summed E-state index contributed by atoms with van der Waals surface area (Å²) in [6, 6.07) is 6.20. The Kier molecular flexibility index (Phi) is 3.19. The summed E-state index contributed by atoms with van der Waals surface area (Å²) in [5.41, 5.74) is 0.719. The van der Waals surface area contributed by atoms with Crippen LogP contribution in [-0.2, 0) is 9.53 Å². The molecule has 1 saturated heterocycles. The molecule has 1 amide bonds. The van der Waals surface area contributed by atoms with E-state index in [-0.39, 0.29) is 23.6 Å². The average Bonchev–Trinajstić information content (AvgIpc) is 2.60. The van der Waals surface area contributed by atoms with Crippen LogP contribution in [0.2, 0.25) is 0 Å². The van der Waals surface area contributed by atoms with E-state index >= 15 is 0 Å². The van der Waals surface area contributed by atoms with E-state index in [4.69, 9.17) is 4.74 Å². The smallest absolute Gasteiger partial charge is 0.227 e. The first-order valence-electron chi connectivity index (χ1n) is 5.24. The molecule has 1 aliphatic rings. The third-order valence-electron chi connectivity index (χ3n) is 2.88. The van der Waals surface area contributed by atoms with E-state index in [0.29, 0.717) is 13.2 Å². The van der Waals surface area contributed by atoms with E-state index in [1.807, 2.05) is 0 Å². The minimum atomic E-state index is -0.312. The van der Waals surface area contributed by atoms with Gasteiger partial charge in [-0.15, -0.1) is 0 Å². The molecule has 0 aliphatic carbocycles. The number of benzene rings is 1. The van der Waals surface area contributed by atoms with Gasteiger partial charge in [-0.05, 0) is 17.7 Å². The normalized spacial score (nSPS) is 24.5. The summed E-state index contributed by atoms with van der Waals surface area (Å²) >= 11 is 0. The molecule has 0 spiro atoms. The second-order valence-corrected chi connectivity index (χ2v) is 3.99. The molecule has 1 aromatic carbocycles. The van der Waals surface area contributed by atoms with Gasteiger partial charge in [0.15, 0.2) is 0 Å². The van der Waals surface area contributed by atoms with Crippen LogP contribution < -0.4 is 5.32 Å². The van der Waals surface area contributed by atoms with Crippen molar-refractivity contribution in [3.63, 3.8) is 0 Å². The van der Waals surface area contributed by atoms with Crippen LogP contribution in [0, 0.1) is 11.7 Å². The lowest BCUT2D eigenvalue weighted by atomic mass is 9.89. The summed E-state index contributed by atoms with van der Waals surface area (Å²) in [5.74, 6) is -0.573. The lowest BCUT2D eigenvalue weighted by molar-refractivity contribution is -0.120. The van der Waals surface area contributed by atoms with Crippen LogP contribution >= 0.6 is 0 Å². The minimum Gasteiger partial charge on any atom is -0.384 e. The highest BCUT2D eigenvalue weighted by Crippen LogP contribution is 2.29. The van der Waals surface area contributed by atoms with Gasteiger partial charge in [-0.25, -0.2) is 4.39 Å². The van der Waals surface area contributed by atoms with Gasteiger partial charge in [-0.3, -0.25) is 4.79 Å². The number of ether oxygens (including phenoxy) is 1. The van der Waals surface area contributed by atoms with Crippen molar-refractivity contribution in [2.45, 2.75) is 5.92 Å².